The number of hydrogen-bond donors (Lipinski definition) is 1. The van der Waals surface area contributed by atoms with Gasteiger partial charge in [0.05, 0.1) is 12.9 Å². The van der Waals surface area contributed by atoms with Crippen molar-refractivity contribution in [3.8, 4) is 5.75 Å². The Morgan fingerprint density at radius 3 is 2.56 bits per heavy atom. The van der Waals surface area contributed by atoms with E-state index in [1.54, 1.807) is 30.6 Å². The second-order valence-electron chi connectivity index (χ2n) is 5.37. The lowest BCUT2D eigenvalue weighted by Crippen LogP contribution is -2.27. The number of hydrogen-bond acceptors (Lipinski definition) is 4. The Hall–Kier alpha value is -1.30. The van der Waals surface area contributed by atoms with Gasteiger partial charge >= 0.3 is 0 Å². The van der Waals surface area contributed by atoms with Gasteiger partial charge < -0.3 is 10.1 Å². The molecule has 2 aromatic rings. The van der Waals surface area contributed by atoms with E-state index in [0.29, 0.717) is 12.3 Å². The van der Waals surface area contributed by atoms with Crippen molar-refractivity contribution in [2.45, 2.75) is 11.5 Å². The van der Waals surface area contributed by atoms with E-state index in [1.807, 2.05) is 42.5 Å². The van der Waals surface area contributed by atoms with Gasteiger partial charge in [-0.3, -0.25) is 4.79 Å². The third-order valence-electron chi connectivity index (χ3n) is 3.39. The molecule has 0 aliphatic rings. The summed E-state index contributed by atoms with van der Waals surface area (Å²) in [5.41, 5.74) is 2.40. The molecule has 0 bridgehead atoms. The summed E-state index contributed by atoms with van der Waals surface area (Å²) in [6.07, 6.45) is 0. The van der Waals surface area contributed by atoms with Gasteiger partial charge in [0.15, 0.2) is 0 Å². The molecule has 3 nitrogen and oxygen atoms in total. The quantitative estimate of drug-likeness (QED) is 0.595. The highest BCUT2D eigenvalue weighted by Crippen LogP contribution is 2.17. The highest BCUT2D eigenvalue weighted by Gasteiger charge is 2.02. The molecule has 0 saturated carbocycles. The van der Waals surface area contributed by atoms with Crippen LogP contribution in [0.1, 0.15) is 11.1 Å². The predicted molar refractivity (Wildman–Crippen MR) is 110 cm³/mol. The molecule has 0 spiro atoms. The molecule has 0 saturated heterocycles. The van der Waals surface area contributed by atoms with Crippen LogP contribution in [0.4, 0.5) is 0 Å². The second kappa shape index (κ2) is 11.3. The summed E-state index contributed by atoms with van der Waals surface area (Å²) in [6.45, 7) is 0.688. The van der Waals surface area contributed by atoms with E-state index in [2.05, 4.69) is 11.4 Å². The number of thioether (sulfide) groups is 2. The molecule has 0 atom stereocenters. The number of rotatable bonds is 10. The molecule has 0 heterocycles. The van der Waals surface area contributed by atoms with Gasteiger partial charge in [0.1, 0.15) is 5.75 Å². The van der Waals surface area contributed by atoms with Gasteiger partial charge in [-0.05, 0) is 35.4 Å². The summed E-state index contributed by atoms with van der Waals surface area (Å²) >= 11 is 9.36. The van der Waals surface area contributed by atoms with Crippen molar-refractivity contribution in [3.63, 3.8) is 0 Å². The van der Waals surface area contributed by atoms with Crippen molar-refractivity contribution in [3.05, 3.63) is 64.7 Å². The van der Waals surface area contributed by atoms with Crippen LogP contribution in [-0.2, 0) is 16.3 Å². The van der Waals surface area contributed by atoms with Crippen LogP contribution in [0.2, 0.25) is 5.02 Å². The average Bonchev–Trinajstić information content (AvgIpc) is 2.62. The number of carbonyl (C=O) groups is 1. The minimum atomic E-state index is 0.0851. The first kappa shape index (κ1) is 20.0. The molecular weight excluding hydrogens is 374 g/mol. The number of nitrogens with one attached hydrogen (secondary N) is 1. The van der Waals surface area contributed by atoms with Crippen LogP contribution in [0.3, 0.4) is 0 Å². The molecule has 0 aromatic heterocycles. The number of ether oxygens (including phenoxy) is 1. The van der Waals surface area contributed by atoms with Gasteiger partial charge in [-0.15, -0.1) is 11.8 Å². The number of methoxy groups -OCH3 is 1. The number of carbonyl (C=O) groups excluding carboxylic acids is 1. The molecule has 25 heavy (non-hydrogen) atoms. The summed E-state index contributed by atoms with van der Waals surface area (Å²) < 4.78 is 5.13. The second-order valence-corrected chi connectivity index (χ2v) is 7.90. The fourth-order valence-corrected chi connectivity index (χ4v) is 3.95. The molecule has 2 rings (SSSR count). The van der Waals surface area contributed by atoms with Gasteiger partial charge in [0.2, 0.25) is 5.91 Å². The number of benzene rings is 2. The fourth-order valence-electron chi connectivity index (χ4n) is 2.11. The van der Waals surface area contributed by atoms with Gasteiger partial charge in [0.25, 0.3) is 0 Å². The maximum Gasteiger partial charge on any atom is 0.230 e. The van der Waals surface area contributed by atoms with Crippen LogP contribution in [0.5, 0.6) is 5.75 Å². The molecule has 0 fully saturated rings. The smallest absolute Gasteiger partial charge is 0.230 e. The van der Waals surface area contributed by atoms with Crippen LogP contribution in [0.25, 0.3) is 0 Å². The lowest BCUT2D eigenvalue weighted by atomic mass is 10.2. The average molecular weight is 396 g/mol. The first-order valence-electron chi connectivity index (χ1n) is 7.97. The van der Waals surface area contributed by atoms with Gasteiger partial charge in [0, 0.05) is 28.8 Å². The maximum absolute atomic E-state index is 11.8. The van der Waals surface area contributed by atoms with Crippen molar-refractivity contribution in [2.24, 2.45) is 0 Å². The minimum Gasteiger partial charge on any atom is -0.497 e. The molecule has 1 amide bonds. The summed E-state index contributed by atoms with van der Waals surface area (Å²) in [5, 5.41) is 3.72. The topological polar surface area (TPSA) is 38.3 Å². The van der Waals surface area contributed by atoms with E-state index in [1.165, 1.54) is 11.1 Å². The number of halogens is 1. The van der Waals surface area contributed by atoms with Crippen LogP contribution in [0, 0.1) is 0 Å². The SMILES string of the molecule is COc1ccc(CSCC(=O)NCCSCc2cccc(Cl)c2)cc1. The molecule has 1 N–H and O–H groups in total. The summed E-state index contributed by atoms with van der Waals surface area (Å²) in [7, 11) is 1.65. The third-order valence-corrected chi connectivity index (χ3v) is 5.66. The molecule has 6 heteroatoms. The van der Waals surface area contributed by atoms with Crippen LogP contribution < -0.4 is 10.1 Å². The molecule has 134 valence electrons. The van der Waals surface area contributed by atoms with Crippen LogP contribution >= 0.6 is 35.1 Å². The van der Waals surface area contributed by atoms with E-state index >= 15 is 0 Å². The molecular formula is C19H22ClNO2S2. The van der Waals surface area contributed by atoms with Crippen molar-refractivity contribution < 1.29 is 9.53 Å². The summed E-state index contributed by atoms with van der Waals surface area (Å²) in [4.78, 5) is 11.8. The monoisotopic (exact) mass is 395 g/mol. The van der Waals surface area contributed by atoms with Crippen LogP contribution in [-0.4, -0.2) is 31.1 Å². The Balaban J connectivity index is 1.53. The van der Waals surface area contributed by atoms with Crippen molar-refractivity contribution in [1.82, 2.24) is 5.32 Å². The van der Waals surface area contributed by atoms with E-state index in [4.69, 9.17) is 16.3 Å². The normalized spacial score (nSPS) is 10.5. The standard InChI is InChI=1S/C19H22ClNO2S2/c1-23-18-7-5-15(6-8-18)12-25-14-19(22)21-9-10-24-13-16-3-2-4-17(20)11-16/h2-8,11H,9-10,12-14H2,1H3,(H,21,22). The van der Waals surface area contributed by atoms with Gasteiger partial charge in [-0.1, -0.05) is 35.9 Å². The first-order chi connectivity index (χ1) is 12.2. The lowest BCUT2D eigenvalue weighted by Gasteiger charge is -2.06. The zero-order valence-corrected chi connectivity index (χ0v) is 16.6. The van der Waals surface area contributed by atoms with Crippen molar-refractivity contribution in [1.29, 1.82) is 0 Å². The highest BCUT2D eigenvalue weighted by molar-refractivity contribution is 7.99. The molecule has 0 aliphatic carbocycles. The van der Waals surface area contributed by atoms with E-state index < -0.39 is 0 Å². The van der Waals surface area contributed by atoms with Crippen molar-refractivity contribution >= 4 is 41.0 Å². The maximum atomic E-state index is 11.8. The Labute approximate surface area is 162 Å². The van der Waals surface area contributed by atoms with E-state index in [0.717, 1.165) is 28.0 Å². The molecule has 0 radical (unpaired) electrons. The lowest BCUT2D eigenvalue weighted by molar-refractivity contribution is -0.118. The van der Waals surface area contributed by atoms with Crippen LogP contribution in [0.15, 0.2) is 48.5 Å². The minimum absolute atomic E-state index is 0.0851. The largest absolute Gasteiger partial charge is 0.497 e. The first-order valence-corrected chi connectivity index (χ1v) is 10.7. The summed E-state index contributed by atoms with van der Waals surface area (Å²) in [6, 6.07) is 15.8. The summed E-state index contributed by atoms with van der Waals surface area (Å²) in [5.74, 6) is 4.03. The Bertz CT molecular complexity index is 665. The Kier molecular flexibility index (Phi) is 9.08. The highest BCUT2D eigenvalue weighted by atomic mass is 35.5. The van der Waals surface area contributed by atoms with Gasteiger partial charge in [-0.25, -0.2) is 0 Å². The van der Waals surface area contributed by atoms with E-state index in [-0.39, 0.29) is 5.91 Å². The molecule has 0 unspecified atom stereocenters. The third kappa shape index (κ3) is 8.08. The Morgan fingerprint density at radius 1 is 1.08 bits per heavy atom. The molecule has 0 aliphatic heterocycles. The Morgan fingerprint density at radius 2 is 1.84 bits per heavy atom. The number of amides is 1. The zero-order chi connectivity index (χ0) is 17.9. The molecule has 2 aromatic carbocycles. The zero-order valence-electron chi connectivity index (χ0n) is 14.2. The van der Waals surface area contributed by atoms with E-state index in [9.17, 15) is 4.79 Å². The predicted octanol–water partition coefficient (Wildman–Crippen LogP) is 4.63. The van der Waals surface area contributed by atoms with Gasteiger partial charge in [-0.2, -0.15) is 11.8 Å². The fraction of sp³-hybridized carbons (Fsp3) is 0.316. The van der Waals surface area contributed by atoms with Crippen molar-refractivity contribution in [2.75, 3.05) is 25.2 Å².